The fraction of sp³-hybridized carbons (Fsp3) is 0.500. The smallest absolute Gasteiger partial charge is 0.135 e. The summed E-state index contributed by atoms with van der Waals surface area (Å²) in [6.45, 7) is 5.46. The van der Waals surface area contributed by atoms with Crippen LogP contribution in [0.25, 0.3) is 0 Å². The molecule has 1 aromatic rings. The van der Waals surface area contributed by atoms with Gasteiger partial charge in [-0.05, 0) is 23.5 Å². The van der Waals surface area contributed by atoms with E-state index in [9.17, 15) is 4.79 Å². The Morgan fingerprint density at radius 3 is 2.38 bits per heavy atom. The molecular formula is C14H18O2. The Labute approximate surface area is 96.6 Å². The van der Waals surface area contributed by atoms with Gasteiger partial charge < -0.3 is 9.53 Å². The number of aldehydes is 1. The molecule has 1 aliphatic heterocycles. The molecule has 0 saturated carbocycles. The molecule has 2 heteroatoms. The van der Waals surface area contributed by atoms with E-state index in [1.54, 1.807) is 0 Å². The Balaban J connectivity index is 2.22. The molecule has 0 aromatic heterocycles. The zero-order chi connectivity index (χ0) is 11.6. The molecule has 0 radical (unpaired) electrons. The molecule has 1 unspecified atom stereocenters. The van der Waals surface area contributed by atoms with Crippen molar-refractivity contribution in [3.8, 4) is 0 Å². The molecular weight excluding hydrogens is 200 g/mol. The summed E-state index contributed by atoms with van der Waals surface area (Å²) in [6.07, 6.45) is 2.16. The van der Waals surface area contributed by atoms with Crippen LogP contribution < -0.4 is 0 Å². The molecule has 1 atom stereocenters. The molecule has 0 N–H and O–H groups in total. The van der Waals surface area contributed by atoms with Crippen molar-refractivity contribution in [1.82, 2.24) is 0 Å². The summed E-state index contributed by atoms with van der Waals surface area (Å²) < 4.78 is 5.15. The second kappa shape index (κ2) is 4.38. The molecule has 1 saturated heterocycles. The maximum atomic E-state index is 11.1. The molecule has 0 aliphatic carbocycles. The van der Waals surface area contributed by atoms with Gasteiger partial charge >= 0.3 is 0 Å². The van der Waals surface area contributed by atoms with E-state index >= 15 is 0 Å². The molecule has 1 aromatic carbocycles. The lowest BCUT2D eigenvalue weighted by atomic mass is 9.79. The van der Waals surface area contributed by atoms with Crippen LogP contribution in [0, 0.1) is 0 Å². The quantitative estimate of drug-likeness (QED) is 0.726. The molecule has 1 heterocycles. The Hall–Kier alpha value is -1.15. The first-order chi connectivity index (χ1) is 7.72. The third-order valence-electron chi connectivity index (χ3n) is 3.61. The number of benzene rings is 1. The van der Waals surface area contributed by atoms with E-state index < -0.39 is 0 Å². The standard InChI is InChI=1S/C14H18O2/c1-3-11(2)12-4-6-13(7-5-12)14(8-15)9-16-10-14/h4-8,11H,3,9-10H2,1-2H3. The van der Waals surface area contributed by atoms with Gasteiger partial charge in [-0.2, -0.15) is 0 Å². The van der Waals surface area contributed by atoms with Crippen molar-refractivity contribution in [2.24, 2.45) is 0 Å². The lowest BCUT2D eigenvalue weighted by Crippen LogP contribution is -2.48. The number of carbonyl (C=O) groups is 1. The Morgan fingerprint density at radius 2 is 2.00 bits per heavy atom. The summed E-state index contributed by atoms with van der Waals surface area (Å²) >= 11 is 0. The molecule has 0 bridgehead atoms. The van der Waals surface area contributed by atoms with Crippen LogP contribution in [0.3, 0.4) is 0 Å². The van der Waals surface area contributed by atoms with Gasteiger partial charge in [0.05, 0.1) is 18.6 Å². The van der Waals surface area contributed by atoms with Gasteiger partial charge in [-0.25, -0.2) is 0 Å². The molecule has 16 heavy (non-hydrogen) atoms. The third-order valence-corrected chi connectivity index (χ3v) is 3.61. The van der Waals surface area contributed by atoms with Crippen molar-refractivity contribution >= 4 is 6.29 Å². The van der Waals surface area contributed by atoms with Gasteiger partial charge in [0, 0.05) is 0 Å². The third kappa shape index (κ3) is 1.78. The van der Waals surface area contributed by atoms with E-state index in [0.717, 1.165) is 18.3 Å². The lowest BCUT2D eigenvalue weighted by molar-refractivity contribution is -0.129. The summed E-state index contributed by atoms with van der Waals surface area (Å²) in [5.74, 6) is 0.582. The predicted octanol–water partition coefficient (Wildman–Crippen LogP) is 2.67. The minimum Gasteiger partial charge on any atom is -0.379 e. The number of carbonyl (C=O) groups excluding carboxylic acids is 1. The second-order valence-electron chi connectivity index (χ2n) is 4.70. The van der Waals surface area contributed by atoms with E-state index in [2.05, 4.69) is 38.1 Å². The molecule has 0 spiro atoms. The van der Waals surface area contributed by atoms with E-state index in [1.807, 2.05) is 0 Å². The van der Waals surface area contributed by atoms with Gasteiger partial charge in [0.2, 0.25) is 0 Å². The maximum Gasteiger partial charge on any atom is 0.135 e. The lowest BCUT2D eigenvalue weighted by Gasteiger charge is -2.36. The van der Waals surface area contributed by atoms with Crippen LogP contribution in [0.5, 0.6) is 0 Å². The van der Waals surface area contributed by atoms with Crippen LogP contribution in [-0.4, -0.2) is 19.5 Å². The first kappa shape index (κ1) is 11.3. The minimum absolute atomic E-state index is 0.367. The molecule has 0 amide bonds. The fourth-order valence-electron chi connectivity index (χ4n) is 2.00. The van der Waals surface area contributed by atoms with Crippen LogP contribution in [0.15, 0.2) is 24.3 Å². The minimum atomic E-state index is -0.367. The van der Waals surface area contributed by atoms with Crippen LogP contribution in [0.2, 0.25) is 0 Å². The van der Waals surface area contributed by atoms with Gasteiger partial charge in [0.15, 0.2) is 0 Å². The normalized spacial score (nSPS) is 19.9. The molecule has 86 valence electrons. The highest BCUT2D eigenvalue weighted by molar-refractivity contribution is 5.70. The fourth-order valence-corrected chi connectivity index (χ4v) is 2.00. The van der Waals surface area contributed by atoms with E-state index in [4.69, 9.17) is 4.74 Å². The van der Waals surface area contributed by atoms with Crippen molar-refractivity contribution in [2.45, 2.75) is 31.6 Å². The SMILES string of the molecule is CCC(C)c1ccc(C2(C=O)COC2)cc1. The van der Waals surface area contributed by atoms with Crippen molar-refractivity contribution in [1.29, 1.82) is 0 Å². The van der Waals surface area contributed by atoms with E-state index in [-0.39, 0.29) is 5.41 Å². The number of hydrogen-bond donors (Lipinski definition) is 0. The van der Waals surface area contributed by atoms with Gasteiger partial charge in [0.25, 0.3) is 0 Å². The van der Waals surface area contributed by atoms with Crippen LogP contribution >= 0.6 is 0 Å². The number of hydrogen-bond acceptors (Lipinski definition) is 2. The summed E-state index contributed by atoms with van der Waals surface area (Å²) in [6, 6.07) is 8.40. The van der Waals surface area contributed by atoms with Crippen LogP contribution in [0.4, 0.5) is 0 Å². The average molecular weight is 218 g/mol. The molecule has 2 rings (SSSR count). The van der Waals surface area contributed by atoms with Crippen LogP contribution in [-0.2, 0) is 14.9 Å². The Kier molecular flexibility index (Phi) is 3.10. The molecule has 1 fully saturated rings. The van der Waals surface area contributed by atoms with Crippen molar-refractivity contribution < 1.29 is 9.53 Å². The maximum absolute atomic E-state index is 11.1. The first-order valence-corrected chi connectivity index (χ1v) is 5.86. The highest BCUT2D eigenvalue weighted by atomic mass is 16.5. The molecule has 2 nitrogen and oxygen atoms in total. The van der Waals surface area contributed by atoms with Gasteiger partial charge in [-0.1, -0.05) is 38.1 Å². The summed E-state index contributed by atoms with van der Waals surface area (Å²) in [5.41, 5.74) is 2.06. The highest BCUT2D eigenvalue weighted by Gasteiger charge is 2.40. The zero-order valence-corrected chi connectivity index (χ0v) is 9.90. The van der Waals surface area contributed by atoms with Crippen molar-refractivity contribution in [2.75, 3.05) is 13.2 Å². The Bertz CT molecular complexity index is 363. The van der Waals surface area contributed by atoms with E-state index in [0.29, 0.717) is 19.1 Å². The van der Waals surface area contributed by atoms with Crippen LogP contribution in [0.1, 0.15) is 37.3 Å². The summed E-state index contributed by atoms with van der Waals surface area (Å²) in [4.78, 5) is 11.1. The highest BCUT2D eigenvalue weighted by Crippen LogP contribution is 2.31. The number of rotatable bonds is 4. The first-order valence-electron chi connectivity index (χ1n) is 5.86. The largest absolute Gasteiger partial charge is 0.379 e. The van der Waals surface area contributed by atoms with Gasteiger partial charge in [-0.15, -0.1) is 0 Å². The van der Waals surface area contributed by atoms with Crippen molar-refractivity contribution in [3.05, 3.63) is 35.4 Å². The van der Waals surface area contributed by atoms with Crippen molar-refractivity contribution in [3.63, 3.8) is 0 Å². The second-order valence-corrected chi connectivity index (χ2v) is 4.70. The van der Waals surface area contributed by atoms with Gasteiger partial charge in [-0.3, -0.25) is 0 Å². The Morgan fingerprint density at radius 1 is 1.38 bits per heavy atom. The summed E-state index contributed by atoms with van der Waals surface area (Å²) in [5, 5.41) is 0. The number of ether oxygens (including phenoxy) is 1. The van der Waals surface area contributed by atoms with Gasteiger partial charge in [0.1, 0.15) is 6.29 Å². The monoisotopic (exact) mass is 218 g/mol. The summed E-state index contributed by atoms with van der Waals surface area (Å²) in [7, 11) is 0. The van der Waals surface area contributed by atoms with E-state index in [1.165, 1.54) is 5.56 Å². The average Bonchev–Trinajstić information content (AvgIpc) is 2.28. The molecule has 1 aliphatic rings. The topological polar surface area (TPSA) is 26.3 Å². The zero-order valence-electron chi connectivity index (χ0n) is 9.90. The predicted molar refractivity (Wildman–Crippen MR) is 63.7 cm³/mol.